The van der Waals surface area contributed by atoms with Gasteiger partial charge in [-0.2, -0.15) is 0 Å². The van der Waals surface area contributed by atoms with Gasteiger partial charge in [-0.05, 0) is 57.2 Å². The summed E-state index contributed by atoms with van der Waals surface area (Å²) in [6, 6.07) is 7.63. The van der Waals surface area contributed by atoms with Crippen LogP contribution in [-0.2, 0) is 19.5 Å². The number of rotatable bonds is 6. The van der Waals surface area contributed by atoms with E-state index in [1.165, 1.54) is 23.1 Å². The van der Waals surface area contributed by atoms with E-state index in [0.29, 0.717) is 6.04 Å². The molecule has 0 aliphatic carbocycles. The third-order valence-electron chi connectivity index (χ3n) is 4.20. The fraction of sp³-hybridized carbons (Fsp3) is 0.647. The zero-order chi connectivity index (χ0) is 14.5. The van der Waals surface area contributed by atoms with E-state index in [9.17, 15) is 0 Å². The van der Waals surface area contributed by atoms with E-state index in [2.05, 4.69) is 61.3 Å². The van der Waals surface area contributed by atoms with Crippen LogP contribution in [0.1, 0.15) is 30.5 Å². The predicted octanol–water partition coefficient (Wildman–Crippen LogP) is 2.10. The number of likely N-dealkylation sites (N-methyl/N-ethyl adjacent to an activating group) is 2. The second-order valence-electron chi connectivity index (χ2n) is 6.20. The molecule has 1 aromatic rings. The van der Waals surface area contributed by atoms with Gasteiger partial charge in [0.2, 0.25) is 0 Å². The number of hydrogen-bond acceptors (Lipinski definition) is 3. The molecular formula is C17H29N3. The Morgan fingerprint density at radius 2 is 2.05 bits per heavy atom. The summed E-state index contributed by atoms with van der Waals surface area (Å²) in [7, 11) is 4.30. The van der Waals surface area contributed by atoms with Crippen molar-refractivity contribution < 1.29 is 0 Å². The minimum absolute atomic E-state index is 0.587. The number of nitrogens with zero attached hydrogens (tertiary/aromatic N) is 2. The van der Waals surface area contributed by atoms with Crippen molar-refractivity contribution in [2.75, 3.05) is 33.7 Å². The van der Waals surface area contributed by atoms with E-state index in [0.717, 1.165) is 32.7 Å². The van der Waals surface area contributed by atoms with Gasteiger partial charge in [-0.3, -0.25) is 4.90 Å². The van der Waals surface area contributed by atoms with Crippen molar-refractivity contribution in [3.8, 4) is 0 Å². The summed E-state index contributed by atoms with van der Waals surface area (Å²) < 4.78 is 0. The third-order valence-corrected chi connectivity index (χ3v) is 4.20. The minimum Gasteiger partial charge on any atom is -0.312 e. The first-order valence-corrected chi connectivity index (χ1v) is 7.80. The van der Waals surface area contributed by atoms with Gasteiger partial charge in [0.15, 0.2) is 0 Å². The number of hydrogen-bond donors (Lipinski definition) is 1. The van der Waals surface area contributed by atoms with Crippen LogP contribution in [0.2, 0.25) is 0 Å². The fourth-order valence-electron chi connectivity index (χ4n) is 3.09. The van der Waals surface area contributed by atoms with Gasteiger partial charge in [0.05, 0.1) is 0 Å². The van der Waals surface area contributed by atoms with Crippen LogP contribution in [0, 0.1) is 0 Å². The Labute approximate surface area is 124 Å². The largest absolute Gasteiger partial charge is 0.312 e. The Bertz CT molecular complexity index is 428. The SMILES string of the molecule is CCN(Cc1ccc2c(c1)CNCC2)C(C)CN(C)C. The van der Waals surface area contributed by atoms with Crippen LogP contribution in [-0.4, -0.2) is 49.6 Å². The summed E-state index contributed by atoms with van der Waals surface area (Å²) in [4.78, 5) is 4.82. The Kier molecular flexibility index (Phi) is 5.58. The van der Waals surface area contributed by atoms with Crippen LogP contribution in [0.3, 0.4) is 0 Å². The Hall–Kier alpha value is -0.900. The maximum Gasteiger partial charge on any atom is 0.0237 e. The quantitative estimate of drug-likeness (QED) is 0.858. The molecular weight excluding hydrogens is 246 g/mol. The molecule has 1 heterocycles. The second kappa shape index (κ2) is 7.21. The lowest BCUT2D eigenvalue weighted by molar-refractivity contribution is 0.174. The van der Waals surface area contributed by atoms with Crippen molar-refractivity contribution in [3.05, 3.63) is 34.9 Å². The molecule has 112 valence electrons. The van der Waals surface area contributed by atoms with Crippen molar-refractivity contribution in [2.45, 2.75) is 39.4 Å². The Balaban J connectivity index is 2.03. The molecule has 0 saturated carbocycles. The molecule has 0 saturated heterocycles. The zero-order valence-electron chi connectivity index (χ0n) is 13.4. The first-order chi connectivity index (χ1) is 9.60. The third kappa shape index (κ3) is 4.05. The molecule has 1 aliphatic heterocycles. The highest BCUT2D eigenvalue weighted by atomic mass is 15.2. The molecule has 0 aromatic heterocycles. The highest BCUT2D eigenvalue weighted by molar-refractivity contribution is 5.33. The van der Waals surface area contributed by atoms with Crippen LogP contribution in [0.25, 0.3) is 0 Å². The van der Waals surface area contributed by atoms with Gasteiger partial charge in [0.1, 0.15) is 0 Å². The Morgan fingerprint density at radius 1 is 1.25 bits per heavy atom. The fourth-order valence-corrected chi connectivity index (χ4v) is 3.09. The summed E-state index contributed by atoms with van der Waals surface area (Å²) in [6.45, 7) is 9.99. The van der Waals surface area contributed by atoms with Crippen LogP contribution in [0.4, 0.5) is 0 Å². The minimum atomic E-state index is 0.587. The van der Waals surface area contributed by atoms with Crippen molar-refractivity contribution in [3.63, 3.8) is 0 Å². The van der Waals surface area contributed by atoms with Gasteiger partial charge in [-0.1, -0.05) is 25.1 Å². The van der Waals surface area contributed by atoms with Crippen LogP contribution in [0.5, 0.6) is 0 Å². The molecule has 20 heavy (non-hydrogen) atoms. The molecule has 0 bridgehead atoms. The Morgan fingerprint density at radius 3 is 2.75 bits per heavy atom. The normalized spacial score (nSPS) is 16.5. The number of fused-ring (bicyclic) bond motifs is 1. The van der Waals surface area contributed by atoms with E-state index in [1.807, 2.05) is 0 Å². The van der Waals surface area contributed by atoms with Gasteiger partial charge >= 0.3 is 0 Å². The summed E-state index contributed by atoms with van der Waals surface area (Å²) in [5, 5.41) is 3.46. The lowest BCUT2D eigenvalue weighted by Gasteiger charge is -2.30. The molecule has 2 rings (SSSR count). The molecule has 1 aliphatic rings. The predicted molar refractivity (Wildman–Crippen MR) is 86.0 cm³/mol. The molecule has 0 spiro atoms. The topological polar surface area (TPSA) is 18.5 Å². The van der Waals surface area contributed by atoms with E-state index >= 15 is 0 Å². The monoisotopic (exact) mass is 275 g/mol. The van der Waals surface area contributed by atoms with Gasteiger partial charge in [-0.15, -0.1) is 0 Å². The first-order valence-electron chi connectivity index (χ1n) is 7.80. The molecule has 1 aromatic carbocycles. The lowest BCUT2D eigenvalue weighted by Crippen LogP contribution is -2.39. The van der Waals surface area contributed by atoms with E-state index < -0.39 is 0 Å². The highest BCUT2D eigenvalue weighted by Crippen LogP contribution is 2.18. The van der Waals surface area contributed by atoms with Gasteiger partial charge in [-0.25, -0.2) is 0 Å². The summed E-state index contributed by atoms with van der Waals surface area (Å²) in [5.74, 6) is 0. The highest BCUT2D eigenvalue weighted by Gasteiger charge is 2.15. The van der Waals surface area contributed by atoms with Gasteiger partial charge in [0.25, 0.3) is 0 Å². The summed E-state index contributed by atoms with van der Waals surface area (Å²) in [6.07, 6.45) is 1.17. The molecule has 1 unspecified atom stereocenters. The molecule has 1 atom stereocenters. The maximum absolute atomic E-state index is 3.46. The van der Waals surface area contributed by atoms with E-state index in [1.54, 1.807) is 0 Å². The molecule has 1 N–H and O–H groups in total. The van der Waals surface area contributed by atoms with Crippen molar-refractivity contribution in [1.82, 2.24) is 15.1 Å². The van der Waals surface area contributed by atoms with Crippen LogP contribution in [0.15, 0.2) is 18.2 Å². The lowest BCUT2D eigenvalue weighted by atomic mass is 9.98. The average molecular weight is 275 g/mol. The molecule has 3 nitrogen and oxygen atoms in total. The number of nitrogens with one attached hydrogen (secondary N) is 1. The van der Waals surface area contributed by atoms with Crippen LogP contribution >= 0.6 is 0 Å². The smallest absolute Gasteiger partial charge is 0.0237 e. The second-order valence-corrected chi connectivity index (χ2v) is 6.20. The standard InChI is InChI=1S/C17H29N3/c1-5-20(14(2)12-19(3)4)13-15-6-7-16-8-9-18-11-17(16)10-15/h6-7,10,14,18H,5,8-9,11-13H2,1-4H3. The van der Waals surface area contributed by atoms with Crippen molar-refractivity contribution in [1.29, 1.82) is 0 Å². The van der Waals surface area contributed by atoms with Gasteiger partial charge in [0, 0.05) is 25.7 Å². The number of benzene rings is 1. The van der Waals surface area contributed by atoms with Crippen molar-refractivity contribution in [2.24, 2.45) is 0 Å². The van der Waals surface area contributed by atoms with E-state index in [-0.39, 0.29) is 0 Å². The van der Waals surface area contributed by atoms with Crippen LogP contribution < -0.4 is 5.32 Å². The zero-order valence-corrected chi connectivity index (χ0v) is 13.4. The molecule has 0 amide bonds. The molecule has 0 radical (unpaired) electrons. The first kappa shape index (κ1) is 15.5. The summed E-state index contributed by atoms with van der Waals surface area (Å²) in [5.41, 5.74) is 4.46. The van der Waals surface area contributed by atoms with Gasteiger partial charge < -0.3 is 10.2 Å². The van der Waals surface area contributed by atoms with Crippen molar-refractivity contribution >= 4 is 0 Å². The van der Waals surface area contributed by atoms with E-state index in [4.69, 9.17) is 0 Å². The average Bonchev–Trinajstić information content (AvgIpc) is 2.43. The summed E-state index contributed by atoms with van der Waals surface area (Å²) >= 11 is 0. The maximum atomic E-state index is 3.46. The molecule has 3 heteroatoms. The molecule has 0 fully saturated rings.